The Kier molecular flexibility index (Phi) is 6.37. The lowest BCUT2D eigenvalue weighted by atomic mass is 10.2. The molecule has 0 aliphatic carbocycles. The minimum Gasteiger partial charge on any atom is -0.454 e. The molecule has 2 aromatic carbocycles. The second kappa shape index (κ2) is 9.37. The van der Waals surface area contributed by atoms with Crippen LogP contribution >= 0.6 is 24.0 Å². The van der Waals surface area contributed by atoms with E-state index in [2.05, 4.69) is 5.32 Å². The number of nitro benzene ring substituents is 1. The van der Waals surface area contributed by atoms with E-state index in [0.717, 1.165) is 5.56 Å². The molecule has 2 amide bonds. The van der Waals surface area contributed by atoms with Crippen molar-refractivity contribution < 1.29 is 24.0 Å². The summed E-state index contributed by atoms with van der Waals surface area (Å²) >= 11 is 6.52. The summed E-state index contributed by atoms with van der Waals surface area (Å²) in [5.41, 5.74) is 0.754. The van der Waals surface area contributed by atoms with E-state index >= 15 is 0 Å². The number of nitrogens with zero attached hydrogens (tertiary/aromatic N) is 2. The van der Waals surface area contributed by atoms with Crippen molar-refractivity contribution in [1.29, 1.82) is 0 Å². The Morgan fingerprint density at radius 3 is 2.84 bits per heavy atom. The molecule has 11 heteroatoms. The van der Waals surface area contributed by atoms with Crippen molar-refractivity contribution in [3.63, 3.8) is 0 Å². The van der Waals surface area contributed by atoms with E-state index in [1.807, 2.05) is 6.07 Å². The number of hydrogen-bond donors (Lipinski definition) is 1. The lowest BCUT2D eigenvalue weighted by molar-refractivity contribution is -0.383. The number of amides is 2. The molecule has 0 bridgehead atoms. The fourth-order valence-corrected chi connectivity index (χ4v) is 4.50. The fraction of sp³-hybridized carbons (Fsp3) is 0.190. The van der Waals surface area contributed by atoms with Crippen LogP contribution in [0.25, 0.3) is 6.08 Å². The van der Waals surface area contributed by atoms with Gasteiger partial charge in [-0.25, -0.2) is 0 Å². The third-order valence-electron chi connectivity index (χ3n) is 4.73. The number of thiocarbonyl (C=S) groups is 1. The molecule has 1 saturated heterocycles. The van der Waals surface area contributed by atoms with Gasteiger partial charge in [0.15, 0.2) is 11.5 Å². The Morgan fingerprint density at radius 2 is 2.03 bits per heavy atom. The van der Waals surface area contributed by atoms with Crippen LogP contribution in [-0.2, 0) is 9.59 Å². The van der Waals surface area contributed by atoms with E-state index in [9.17, 15) is 19.7 Å². The third kappa shape index (κ3) is 4.73. The zero-order valence-corrected chi connectivity index (χ0v) is 18.2. The van der Waals surface area contributed by atoms with E-state index in [1.54, 1.807) is 24.3 Å². The van der Waals surface area contributed by atoms with Crippen LogP contribution in [0, 0.1) is 10.1 Å². The van der Waals surface area contributed by atoms with Crippen LogP contribution in [0.15, 0.2) is 47.4 Å². The summed E-state index contributed by atoms with van der Waals surface area (Å²) in [6.07, 6.45) is 2.18. The first-order valence-electron chi connectivity index (χ1n) is 9.60. The van der Waals surface area contributed by atoms with E-state index in [-0.39, 0.29) is 42.9 Å². The highest BCUT2D eigenvalue weighted by molar-refractivity contribution is 8.26. The summed E-state index contributed by atoms with van der Waals surface area (Å²) in [6, 6.07) is 11.3. The maximum Gasteiger partial charge on any atom is 0.292 e. The summed E-state index contributed by atoms with van der Waals surface area (Å²) in [5, 5.41) is 13.6. The van der Waals surface area contributed by atoms with Crippen molar-refractivity contribution in [2.45, 2.75) is 12.8 Å². The topological polar surface area (TPSA) is 111 Å². The van der Waals surface area contributed by atoms with Crippen molar-refractivity contribution in [3.05, 3.63) is 63.0 Å². The van der Waals surface area contributed by atoms with Crippen LogP contribution in [0.1, 0.15) is 18.4 Å². The first-order chi connectivity index (χ1) is 15.4. The zero-order valence-electron chi connectivity index (χ0n) is 16.6. The van der Waals surface area contributed by atoms with Crippen molar-refractivity contribution in [2.24, 2.45) is 0 Å². The van der Waals surface area contributed by atoms with Gasteiger partial charge in [0, 0.05) is 19.0 Å². The highest BCUT2D eigenvalue weighted by Crippen LogP contribution is 2.36. The number of carbonyl (C=O) groups is 2. The molecule has 32 heavy (non-hydrogen) atoms. The van der Waals surface area contributed by atoms with Crippen LogP contribution in [-0.4, -0.2) is 39.3 Å². The summed E-state index contributed by atoms with van der Waals surface area (Å²) in [5.74, 6) is 0.685. The van der Waals surface area contributed by atoms with Crippen LogP contribution in [0.3, 0.4) is 0 Å². The monoisotopic (exact) mass is 471 g/mol. The highest BCUT2D eigenvalue weighted by atomic mass is 32.2. The van der Waals surface area contributed by atoms with Crippen LogP contribution in [0.4, 0.5) is 11.4 Å². The molecule has 0 aromatic heterocycles. The Bertz CT molecular complexity index is 1150. The number of thioether (sulfide) groups is 1. The van der Waals surface area contributed by atoms with Gasteiger partial charge in [0.05, 0.1) is 9.83 Å². The highest BCUT2D eigenvalue weighted by Gasteiger charge is 2.31. The number of benzene rings is 2. The third-order valence-corrected chi connectivity index (χ3v) is 6.11. The van der Waals surface area contributed by atoms with E-state index < -0.39 is 4.92 Å². The lowest BCUT2D eigenvalue weighted by Gasteiger charge is -2.14. The molecular weight excluding hydrogens is 454 g/mol. The van der Waals surface area contributed by atoms with Crippen LogP contribution in [0.2, 0.25) is 0 Å². The van der Waals surface area contributed by atoms with Crippen LogP contribution in [0.5, 0.6) is 11.5 Å². The maximum absolute atomic E-state index is 12.8. The minimum atomic E-state index is -0.553. The molecule has 4 rings (SSSR count). The summed E-state index contributed by atoms with van der Waals surface area (Å²) in [6.45, 7) is 0.444. The normalized spacial score (nSPS) is 16.0. The molecule has 0 spiro atoms. The van der Waals surface area contributed by atoms with Crippen molar-refractivity contribution >= 4 is 57.6 Å². The number of nitrogens with one attached hydrogen (secondary N) is 1. The zero-order chi connectivity index (χ0) is 22.7. The summed E-state index contributed by atoms with van der Waals surface area (Å²) < 4.78 is 11.1. The second-order valence-corrected chi connectivity index (χ2v) is 8.55. The minimum absolute atomic E-state index is 0.0876. The number of anilines is 1. The molecule has 9 nitrogen and oxygen atoms in total. The summed E-state index contributed by atoms with van der Waals surface area (Å²) in [4.78, 5) is 37.4. The van der Waals surface area contributed by atoms with E-state index in [1.165, 1.54) is 34.9 Å². The average Bonchev–Trinajstić information content (AvgIpc) is 3.33. The Hall–Kier alpha value is -3.44. The Labute approximate surface area is 192 Å². The van der Waals surface area contributed by atoms with Gasteiger partial charge in [0.25, 0.3) is 11.6 Å². The predicted octanol–water partition coefficient (Wildman–Crippen LogP) is 3.94. The number of carbonyl (C=O) groups excluding carboxylic acids is 2. The molecule has 0 atom stereocenters. The predicted molar refractivity (Wildman–Crippen MR) is 123 cm³/mol. The van der Waals surface area contributed by atoms with Gasteiger partial charge in [0.2, 0.25) is 12.7 Å². The number of hydrogen-bond acceptors (Lipinski definition) is 8. The number of para-hydroxylation sites is 2. The molecule has 0 saturated carbocycles. The standard InChI is InChI=1S/C21H17N3O6S2/c25-19(22-14-4-1-2-5-15(14)24(27)28)6-3-9-23-20(26)18(32-21(23)31)11-13-7-8-16-17(10-13)30-12-29-16/h1-2,4-5,7-8,10-11H,3,6,9,12H2,(H,22,25). The van der Waals surface area contributed by atoms with Crippen LogP contribution < -0.4 is 14.8 Å². The van der Waals surface area contributed by atoms with Gasteiger partial charge in [-0.05, 0) is 36.3 Å². The Morgan fingerprint density at radius 1 is 1.25 bits per heavy atom. The molecule has 0 radical (unpaired) electrons. The molecular formula is C21H17N3O6S2. The molecule has 2 aromatic rings. The lowest BCUT2D eigenvalue weighted by Crippen LogP contribution is -2.29. The van der Waals surface area contributed by atoms with Gasteiger partial charge in [-0.15, -0.1) is 0 Å². The molecule has 2 aliphatic rings. The first kappa shape index (κ1) is 21.8. The molecule has 2 heterocycles. The number of fused-ring (bicyclic) bond motifs is 1. The second-order valence-electron chi connectivity index (χ2n) is 6.87. The van der Waals surface area contributed by atoms with Gasteiger partial charge in [-0.1, -0.05) is 42.2 Å². The molecule has 0 unspecified atom stereocenters. The van der Waals surface area contributed by atoms with Gasteiger partial charge in [0.1, 0.15) is 10.0 Å². The van der Waals surface area contributed by atoms with Crippen molar-refractivity contribution in [3.8, 4) is 11.5 Å². The smallest absolute Gasteiger partial charge is 0.292 e. The van der Waals surface area contributed by atoms with E-state index in [4.69, 9.17) is 21.7 Å². The average molecular weight is 472 g/mol. The van der Waals surface area contributed by atoms with Gasteiger partial charge >= 0.3 is 0 Å². The SMILES string of the molecule is O=C(CCCN1C(=O)C(=Cc2ccc3c(c2)OCO3)SC1=S)Nc1ccccc1[N+](=O)[O-]. The maximum atomic E-state index is 12.8. The van der Waals surface area contributed by atoms with Crippen molar-refractivity contribution in [1.82, 2.24) is 4.90 Å². The molecule has 1 N–H and O–H groups in total. The fourth-order valence-electron chi connectivity index (χ4n) is 3.20. The number of ether oxygens (including phenoxy) is 2. The molecule has 1 fully saturated rings. The number of rotatable bonds is 7. The Balaban J connectivity index is 1.33. The van der Waals surface area contributed by atoms with Crippen molar-refractivity contribution in [2.75, 3.05) is 18.7 Å². The summed E-state index contributed by atoms with van der Waals surface area (Å²) in [7, 11) is 0. The number of nitro groups is 1. The van der Waals surface area contributed by atoms with Gasteiger partial charge in [-0.2, -0.15) is 0 Å². The van der Waals surface area contributed by atoms with E-state index in [0.29, 0.717) is 27.1 Å². The molecule has 2 aliphatic heterocycles. The molecule has 164 valence electrons. The largest absolute Gasteiger partial charge is 0.454 e. The first-order valence-corrected chi connectivity index (χ1v) is 10.8. The van der Waals surface area contributed by atoms with Gasteiger partial charge in [-0.3, -0.25) is 24.6 Å². The van der Waals surface area contributed by atoms with Gasteiger partial charge < -0.3 is 14.8 Å². The quantitative estimate of drug-likeness (QED) is 0.280.